The summed E-state index contributed by atoms with van der Waals surface area (Å²) < 4.78 is 12.5. The Kier molecular flexibility index (Phi) is 4.95. The van der Waals surface area contributed by atoms with Gasteiger partial charge in [-0.1, -0.05) is 0 Å². The van der Waals surface area contributed by atoms with Crippen molar-refractivity contribution < 1.29 is 14.4 Å². The summed E-state index contributed by atoms with van der Waals surface area (Å²) in [6.45, 7) is 6.94. The maximum absolute atomic E-state index is 11.3. The maximum Gasteiger partial charge on any atom is 0.403 e. The average Bonchev–Trinajstić information content (AvgIpc) is 1.96. The molecule has 0 unspecified atom stereocenters. The third-order valence-corrected chi connectivity index (χ3v) is 3.80. The molecule has 0 aromatic heterocycles. The summed E-state index contributed by atoms with van der Waals surface area (Å²) >= 11 is 0. The fourth-order valence-electron chi connectivity index (χ4n) is 1.83. The van der Waals surface area contributed by atoms with Crippen molar-refractivity contribution in [2.45, 2.75) is 52.1 Å². The standard InChI is InChI=1S/C9H19N2O3P/c1-8(2)11(15(12,13)14)9(3,4)6-5-7-10/h8H,5-6H2,1-4H3,(H2,12,13,14). The van der Waals surface area contributed by atoms with Gasteiger partial charge in [0.2, 0.25) is 0 Å². The summed E-state index contributed by atoms with van der Waals surface area (Å²) in [6, 6.07) is 1.73. The monoisotopic (exact) mass is 234 g/mol. The van der Waals surface area contributed by atoms with Gasteiger partial charge in [-0.15, -0.1) is 0 Å². The lowest BCUT2D eigenvalue weighted by Crippen LogP contribution is -2.45. The van der Waals surface area contributed by atoms with Crippen LogP contribution in [0.3, 0.4) is 0 Å². The lowest BCUT2D eigenvalue weighted by atomic mass is 9.98. The zero-order valence-corrected chi connectivity index (χ0v) is 10.5. The van der Waals surface area contributed by atoms with Crippen LogP contribution in [0.1, 0.15) is 40.5 Å². The van der Waals surface area contributed by atoms with Gasteiger partial charge in [0.05, 0.1) is 6.07 Å². The Hall–Kier alpha value is -0.400. The number of rotatable bonds is 5. The number of nitriles is 1. The molecule has 5 nitrogen and oxygen atoms in total. The van der Waals surface area contributed by atoms with Crippen LogP contribution in [0.25, 0.3) is 0 Å². The van der Waals surface area contributed by atoms with E-state index in [2.05, 4.69) is 0 Å². The van der Waals surface area contributed by atoms with E-state index in [-0.39, 0.29) is 12.5 Å². The second kappa shape index (κ2) is 5.09. The van der Waals surface area contributed by atoms with Crippen molar-refractivity contribution in [1.29, 1.82) is 5.26 Å². The maximum atomic E-state index is 11.3. The molecule has 88 valence electrons. The quantitative estimate of drug-likeness (QED) is 0.709. The van der Waals surface area contributed by atoms with E-state index in [0.717, 1.165) is 4.67 Å². The van der Waals surface area contributed by atoms with Crippen molar-refractivity contribution in [3.8, 4) is 6.07 Å². The fourth-order valence-corrected chi connectivity index (χ4v) is 3.24. The molecule has 0 aliphatic heterocycles. The summed E-state index contributed by atoms with van der Waals surface area (Å²) in [7, 11) is -4.27. The highest BCUT2D eigenvalue weighted by Crippen LogP contribution is 2.48. The zero-order chi connectivity index (χ0) is 12.3. The Bertz CT molecular complexity index is 290. The summed E-state index contributed by atoms with van der Waals surface area (Å²) in [5.74, 6) is 0. The number of hydrogen-bond donors (Lipinski definition) is 2. The molecule has 6 heteroatoms. The molecule has 2 N–H and O–H groups in total. The van der Waals surface area contributed by atoms with Crippen molar-refractivity contribution in [2.75, 3.05) is 0 Å². The van der Waals surface area contributed by atoms with Gasteiger partial charge in [0.25, 0.3) is 0 Å². The average molecular weight is 234 g/mol. The van der Waals surface area contributed by atoms with Gasteiger partial charge in [0.15, 0.2) is 0 Å². The van der Waals surface area contributed by atoms with Crippen LogP contribution in [-0.2, 0) is 4.57 Å². The molecule has 0 spiro atoms. The first-order valence-corrected chi connectivity index (χ1v) is 6.41. The highest BCUT2D eigenvalue weighted by Gasteiger charge is 2.39. The molecule has 0 radical (unpaired) electrons. The van der Waals surface area contributed by atoms with Crippen LogP contribution in [0.15, 0.2) is 0 Å². The molecule has 0 rings (SSSR count). The van der Waals surface area contributed by atoms with Gasteiger partial charge >= 0.3 is 7.75 Å². The Morgan fingerprint density at radius 2 is 1.93 bits per heavy atom. The van der Waals surface area contributed by atoms with Gasteiger partial charge in [-0.05, 0) is 34.1 Å². The Labute approximate surface area is 90.9 Å². The van der Waals surface area contributed by atoms with Crippen molar-refractivity contribution in [3.05, 3.63) is 0 Å². The van der Waals surface area contributed by atoms with Gasteiger partial charge < -0.3 is 9.79 Å². The Balaban J connectivity index is 4.93. The van der Waals surface area contributed by atoms with E-state index < -0.39 is 13.3 Å². The van der Waals surface area contributed by atoms with E-state index in [4.69, 9.17) is 5.26 Å². The number of hydrogen-bond acceptors (Lipinski definition) is 2. The van der Waals surface area contributed by atoms with E-state index in [1.54, 1.807) is 27.7 Å². The van der Waals surface area contributed by atoms with Crippen LogP contribution in [0.4, 0.5) is 0 Å². The van der Waals surface area contributed by atoms with Crippen molar-refractivity contribution in [1.82, 2.24) is 4.67 Å². The lowest BCUT2D eigenvalue weighted by molar-refractivity contribution is 0.131. The molecule has 0 fully saturated rings. The first kappa shape index (κ1) is 14.6. The second-order valence-electron chi connectivity index (χ2n) is 4.42. The summed E-state index contributed by atoms with van der Waals surface area (Å²) in [6.07, 6.45) is 0.725. The molecule has 0 aromatic rings. The van der Waals surface area contributed by atoms with E-state index >= 15 is 0 Å². The first-order chi connectivity index (χ1) is 6.63. The van der Waals surface area contributed by atoms with Crippen LogP contribution in [0.5, 0.6) is 0 Å². The highest BCUT2D eigenvalue weighted by molar-refractivity contribution is 7.49. The van der Waals surface area contributed by atoms with Crippen molar-refractivity contribution in [3.63, 3.8) is 0 Å². The largest absolute Gasteiger partial charge is 0.403 e. The van der Waals surface area contributed by atoms with Crippen LogP contribution in [0, 0.1) is 11.3 Å². The van der Waals surface area contributed by atoms with Crippen LogP contribution >= 0.6 is 7.75 Å². The van der Waals surface area contributed by atoms with Gasteiger partial charge in [0.1, 0.15) is 0 Å². The predicted octanol–water partition coefficient (Wildman–Crippen LogP) is 1.87. The molecule has 0 aromatic carbocycles. The molecule has 15 heavy (non-hydrogen) atoms. The topological polar surface area (TPSA) is 84.6 Å². The minimum atomic E-state index is -4.27. The van der Waals surface area contributed by atoms with Crippen molar-refractivity contribution in [2.24, 2.45) is 0 Å². The highest BCUT2D eigenvalue weighted by atomic mass is 31.2. The normalized spacial score (nSPS) is 13.3. The minimum absolute atomic E-state index is 0.264. The molecule has 0 saturated carbocycles. The molecular weight excluding hydrogens is 215 g/mol. The second-order valence-corrected chi connectivity index (χ2v) is 5.88. The van der Waals surface area contributed by atoms with E-state index in [1.807, 2.05) is 6.07 Å². The molecule has 0 bridgehead atoms. The van der Waals surface area contributed by atoms with E-state index in [1.165, 1.54) is 0 Å². The molecule has 0 heterocycles. The van der Waals surface area contributed by atoms with Gasteiger partial charge in [-0.2, -0.15) is 5.26 Å². The Morgan fingerprint density at radius 1 is 1.47 bits per heavy atom. The fraction of sp³-hybridized carbons (Fsp3) is 0.889. The molecule has 0 saturated heterocycles. The molecule has 0 amide bonds. The minimum Gasteiger partial charge on any atom is -0.312 e. The summed E-state index contributed by atoms with van der Waals surface area (Å²) in [4.78, 5) is 18.5. The third kappa shape index (κ3) is 4.31. The van der Waals surface area contributed by atoms with Crippen LogP contribution in [0.2, 0.25) is 0 Å². The summed E-state index contributed by atoms with van der Waals surface area (Å²) in [5.41, 5.74) is -0.678. The zero-order valence-electron chi connectivity index (χ0n) is 9.64. The lowest BCUT2D eigenvalue weighted by Gasteiger charge is -2.40. The van der Waals surface area contributed by atoms with E-state index in [0.29, 0.717) is 6.42 Å². The van der Waals surface area contributed by atoms with E-state index in [9.17, 15) is 14.4 Å². The summed E-state index contributed by atoms with van der Waals surface area (Å²) in [5, 5.41) is 8.49. The molecular formula is C9H19N2O3P. The first-order valence-electron chi connectivity index (χ1n) is 4.85. The van der Waals surface area contributed by atoms with Crippen molar-refractivity contribution >= 4 is 7.75 Å². The van der Waals surface area contributed by atoms with Gasteiger partial charge in [-0.25, -0.2) is 9.24 Å². The van der Waals surface area contributed by atoms with Crippen LogP contribution < -0.4 is 0 Å². The van der Waals surface area contributed by atoms with Gasteiger partial charge in [0, 0.05) is 18.0 Å². The third-order valence-electron chi connectivity index (χ3n) is 2.24. The molecule has 0 aliphatic rings. The van der Waals surface area contributed by atoms with Gasteiger partial charge in [-0.3, -0.25) is 0 Å². The Morgan fingerprint density at radius 3 is 2.20 bits per heavy atom. The number of nitrogens with zero attached hydrogens (tertiary/aromatic N) is 2. The molecule has 0 atom stereocenters. The molecule has 0 aliphatic carbocycles. The smallest absolute Gasteiger partial charge is 0.312 e. The van der Waals surface area contributed by atoms with Crippen LogP contribution in [-0.4, -0.2) is 26.0 Å². The SMILES string of the molecule is CC(C)N(C(C)(C)CCC#N)P(=O)(O)O. The predicted molar refractivity (Wildman–Crippen MR) is 57.9 cm³/mol.